The van der Waals surface area contributed by atoms with Gasteiger partial charge in [0.15, 0.2) is 0 Å². The summed E-state index contributed by atoms with van der Waals surface area (Å²) in [6, 6.07) is 4.72. The fourth-order valence-electron chi connectivity index (χ4n) is 2.10. The Labute approximate surface area is 119 Å². The highest BCUT2D eigenvalue weighted by atomic mass is 35.5. The van der Waals surface area contributed by atoms with Gasteiger partial charge in [0.1, 0.15) is 17.4 Å². The number of aromatic nitrogens is 3. The lowest BCUT2D eigenvalue weighted by Crippen LogP contribution is -1.94. The Balaban J connectivity index is 2.23. The highest BCUT2D eigenvalue weighted by Gasteiger charge is 2.13. The van der Waals surface area contributed by atoms with E-state index >= 15 is 0 Å². The van der Waals surface area contributed by atoms with Gasteiger partial charge in [-0.3, -0.25) is 4.98 Å². The first-order chi connectivity index (χ1) is 9.60. The molecule has 0 N–H and O–H groups in total. The van der Waals surface area contributed by atoms with Crippen molar-refractivity contribution in [3.8, 4) is 17.1 Å². The molecule has 0 atom stereocenters. The van der Waals surface area contributed by atoms with Crippen LogP contribution in [0.15, 0.2) is 30.6 Å². The van der Waals surface area contributed by atoms with Crippen molar-refractivity contribution in [1.82, 2.24) is 14.5 Å². The summed E-state index contributed by atoms with van der Waals surface area (Å²) in [5.41, 5.74) is 2.10. The molecule has 0 amide bonds. The van der Waals surface area contributed by atoms with Gasteiger partial charge >= 0.3 is 0 Å². The Morgan fingerprint density at radius 1 is 1.25 bits per heavy atom. The summed E-state index contributed by atoms with van der Waals surface area (Å²) >= 11 is 5.81. The molecule has 0 bridgehead atoms. The number of benzene rings is 1. The predicted molar refractivity (Wildman–Crippen MR) is 75.5 cm³/mol. The number of pyridine rings is 1. The van der Waals surface area contributed by atoms with Gasteiger partial charge < -0.3 is 9.30 Å². The number of rotatable bonds is 2. The molecule has 0 aliphatic heterocycles. The Kier molecular flexibility index (Phi) is 3.06. The normalized spacial score (nSPS) is 11.0. The highest BCUT2D eigenvalue weighted by Crippen LogP contribution is 2.28. The first-order valence-electron chi connectivity index (χ1n) is 5.91. The Bertz CT molecular complexity index is 800. The van der Waals surface area contributed by atoms with Gasteiger partial charge in [0.05, 0.1) is 29.4 Å². The largest absolute Gasteiger partial charge is 0.495 e. The number of halogens is 2. The Morgan fingerprint density at radius 3 is 2.80 bits per heavy atom. The van der Waals surface area contributed by atoms with E-state index in [1.54, 1.807) is 25.6 Å². The van der Waals surface area contributed by atoms with Crippen molar-refractivity contribution in [2.45, 2.75) is 0 Å². The fourth-order valence-corrected chi connectivity index (χ4v) is 2.26. The van der Waals surface area contributed by atoms with Crippen molar-refractivity contribution in [2.24, 2.45) is 7.05 Å². The van der Waals surface area contributed by atoms with Crippen LogP contribution >= 0.6 is 11.6 Å². The van der Waals surface area contributed by atoms with E-state index in [1.807, 2.05) is 17.7 Å². The van der Waals surface area contributed by atoms with Crippen LogP contribution in [0.5, 0.6) is 5.75 Å². The van der Waals surface area contributed by atoms with E-state index in [-0.39, 0.29) is 5.02 Å². The number of methoxy groups -OCH3 is 1. The van der Waals surface area contributed by atoms with Crippen molar-refractivity contribution in [2.75, 3.05) is 7.11 Å². The van der Waals surface area contributed by atoms with Gasteiger partial charge in [0.2, 0.25) is 0 Å². The van der Waals surface area contributed by atoms with E-state index in [1.165, 1.54) is 6.07 Å². The first kappa shape index (κ1) is 12.9. The van der Waals surface area contributed by atoms with Gasteiger partial charge in [-0.2, -0.15) is 0 Å². The number of ether oxygens (including phenoxy) is 1. The molecule has 0 radical (unpaired) electrons. The summed E-state index contributed by atoms with van der Waals surface area (Å²) in [5, 5.41) is 0.0795. The van der Waals surface area contributed by atoms with E-state index in [4.69, 9.17) is 16.3 Å². The van der Waals surface area contributed by atoms with Crippen molar-refractivity contribution >= 4 is 22.6 Å². The zero-order chi connectivity index (χ0) is 14.3. The van der Waals surface area contributed by atoms with E-state index in [0.717, 1.165) is 11.1 Å². The summed E-state index contributed by atoms with van der Waals surface area (Å²) in [6.07, 6.45) is 3.30. The van der Waals surface area contributed by atoms with Crippen LogP contribution in [-0.4, -0.2) is 21.6 Å². The first-order valence-corrected chi connectivity index (χ1v) is 6.29. The molecule has 20 heavy (non-hydrogen) atoms. The topological polar surface area (TPSA) is 39.9 Å². The summed E-state index contributed by atoms with van der Waals surface area (Å²) in [5.74, 6) is 0.833. The average Bonchev–Trinajstić information content (AvgIpc) is 2.77. The number of nitrogens with zero attached hydrogens (tertiary/aromatic N) is 3. The molecule has 0 aliphatic carbocycles. The molecule has 0 saturated heterocycles. The lowest BCUT2D eigenvalue weighted by Gasteiger charge is -2.04. The molecular formula is C14H11ClFN3O. The van der Waals surface area contributed by atoms with Gasteiger partial charge in [0, 0.05) is 24.9 Å². The molecule has 0 saturated carbocycles. The second-order valence-corrected chi connectivity index (χ2v) is 4.77. The summed E-state index contributed by atoms with van der Waals surface area (Å²) in [4.78, 5) is 8.53. The van der Waals surface area contributed by atoms with Crippen molar-refractivity contribution in [3.05, 3.63) is 41.4 Å². The standard InChI is InChI=1S/C14H11ClFN3O/c1-19-13-4-10(15)11(16)5-12(13)18-14(19)8-3-9(20-2)7-17-6-8/h3-7H,1-2H3. The van der Waals surface area contributed by atoms with Gasteiger partial charge in [-0.25, -0.2) is 9.37 Å². The quantitative estimate of drug-likeness (QED) is 0.726. The van der Waals surface area contributed by atoms with Gasteiger partial charge in [-0.15, -0.1) is 0 Å². The van der Waals surface area contributed by atoms with E-state index < -0.39 is 5.82 Å². The molecule has 6 heteroatoms. The maximum absolute atomic E-state index is 13.5. The lowest BCUT2D eigenvalue weighted by atomic mass is 10.2. The third kappa shape index (κ3) is 2.00. The zero-order valence-corrected chi connectivity index (χ0v) is 11.6. The molecule has 4 nitrogen and oxygen atoms in total. The molecule has 3 aromatic rings. The average molecular weight is 292 g/mol. The predicted octanol–water partition coefficient (Wildman–Crippen LogP) is 3.44. The smallest absolute Gasteiger partial charge is 0.144 e. The minimum absolute atomic E-state index is 0.0795. The minimum atomic E-state index is -0.479. The molecule has 2 heterocycles. The molecule has 102 valence electrons. The van der Waals surface area contributed by atoms with Crippen LogP contribution in [0.25, 0.3) is 22.4 Å². The van der Waals surface area contributed by atoms with E-state index in [2.05, 4.69) is 9.97 Å². The van der Waals surface area contributed by atoms with Crippen LogP contribution in [0.3, 0.4) is 0 Å². The molecule has 0 spiro atoms. The highest BCUT2D eigenvalue weighted by molar-refractivity contribution is 6.31. The minimum Gasteiger partial charge on any atom is -0.495 e. The Hall–Kier alpha value is -2.14. The van der Waals surface area contributed by atoms with Crippen LogP contribution in [0.4, 0.5) is 4.39 Å². The third-order valence-corrected chi connectivity index (χ3v) is 3.42. The molecule has 1 aromatic carbocycles. The van der Waals surface area contributed by atoms with E-state index in [9.17, 15) is 4.39 Å². The maximum Gasteiger partial charge on any atom is 0.144 e. The molecule has 3 rings (SSSR count). The van der Waals surface area contributed by atoms with Crippen molar-refractivity contribution < 1.29 is 9.13 Å². The van der Waals surface area contributed by atoms with Gasteiger partial charge in [0.25, 0.3) is 0 Å². The van der Waals surface area contributed by atoms with Crippen LogP contribution in [-0.2, 0) is 7.05 Å². The molecule has 0 unspecified atom stereocenters. The SMILES string of the molecule is COc1cncc(-c2nc3cc(F)c(Cl)cc3n2C)c1. The third-order valence-electron chi connectivity index (χ3n) is 3.13. The second kappa shape index (κ2) is 4.76. The molecule has 0 aliphatic rings. The monoisotopic (exact) mass is 291 g/mol. The summed E-state index contributed by atoms with van der Waals surface area (Å²) in [6.45, 7) is 0. The fraction of sp³-hybridized carbons (Fsp3) is 0.143. The number of fused-ring (bicyclic) bond motifs is 1. The second-order valence-electron chi connectivity index (χ2n) is 4.36. The maximum atomic E-state index is 13.5. The Morgan fingerprint density at radius 2 is 2.05 bits per heavy atom. The van der Waals surface area contributed by atoms with Crippen LogP contribution in [0.1, 0.15) is 0 Å². The molecular weight excluding hydrogens is 281 g/mol. The van der Waals surface area contributed by atoms with Crippen LogP contribution in [0, 0.1) is 5.82 Å². The number of hydrogen-bond donors (Lipinski definition) is 0. The van der Waals surface area contributed by atoms with Crippen LogP contribution in [0.2, 0.25) is 5.02 Å². The molecule has 0 fully saturated rings. The number of hydrogen-bond acceptors (Lipinski definition) is 3. The summed E-state index contributed by atoms with van der Waals surface area (Å²) in [7, 11) is 3.42. The van der Waals surface area contributed by atoms with Gasteiger partial charge in [-0.05, 0) is 12.1 Å². The van der Waals surface area contributed by atoms with Crippen molar-refractivity contribution in [3.63, 3.8) is 0 Å². The van der Waals surface area contributed by atoms with Crippen LogP contribution < -0.4 is 4.74 Å². The lowest BCUT2D eigenvalue weighted by molar-refractivity contribution is 0.413. The van der Waals surface area contributed by atoms with Gasteiger partial charge in [-0.1, -0.05) is 11.6 Å². The zero-order valence-electron chi connectivity index (χ0n) is 10.9. The number of imidazole rings is 1. The molecule has 2 aromatic heterocycles. The van der Waals surface area contributed by atoms with Crippen molar-refractivity contribution in [1.29, 1.82) is 0 Å². The van der Waals surface area contributed by atoms with E-state index in [0.29, 0.717) is 17.1 Å². The summed E-state index contributed by atoms with van der Waals surface area (Å²) < 4.78 is 20.5. The number of aryl methyl sites for hydroxylation is 1.